The Morgan fingerprint density at radius 1 is 1.07 bits per heavy atom. The second-order valence-corrected chi connectivity index (χ2v) is 13.4. The first-order valence-electron chi connectivity index (χ1n) is 15.4. The van der Waals surface area contributed by atoms with Crippen molar-refractivity contribution in [3.8, 4) is 0 Å². The largest absolute Gasteiger partial charge is 0.444 e. The van der Waals surface area contributed by atoms with Crippen molar-refractivity contribution >= 4 is 47.0 Å². The summed E-state index contributed by atoms with van der Waals surface area (Å²) in [6, 6.07) is 5.41. The smallest absolute Gasteiger partial charge is 0.410 e. The topological polar surface area (TPSA) is 112 Å². The molecule has 0 saturated carbocycles. The number of piperidine rings is 1. The Morgan fingerprint density at radius 3 is 2.52 bits per heavy atom. The molecule has 0 unspecified atom stereocenters. The van der Waals surface area contributed by atoms with Gasteiger partial charge in [0.15, 0.2) is 0 Å². The summed E-state index contributed by atoms with van der Waals surface area (Å²) in [5, 5.41) is 7.72. The zero-order valence-corrected chi connectivity index (χ0v) is 27.3. The minimum atomic E-state index is -0.587. The number of anilines is 2. The fourth-order valence-electron chi connectivity index (χ4n) is 5.66. The van der Waals surface area contributed by atoms with Crippen LogP contribution in [0.5, 0.6) is 0 Å². The van der Waals surface area contributed by atoms with E-state index in [1.807, 2.05) is 26.8 Å². The quantitative estimate of drug-likeness (QED) is 0.432. The molecule has 4 heterocycles. The highest BCUT2D eigenvalue weighted by Gasteiger charge is 2.31. The number of ether oxygens (including phenoxy) is 2. The third-order valence-corrected chi connectivity index (χ3v) is 8.73. The van der Waals surface area contributed by atoms with Gasteiger partial charge in [0.1, 0.15) is 11.4 Å². The zero-order valence-electron chi connectivity index (χ0n) is 25.8. The first-order valence-corrected chi connectivity index (χ1v) is 16.2. The van der Waals surface area contributed by atoms with Crippen molar-refractivity contribution in [3.63, 3.8) is 0 Å². The van der Waals surface area contributed by atoms with Crippen LogP contribution in [0.1, 0.15) is 50.4 Å². The lowest BCUT2D eigenvalue weighted by Crippen LogP contribution is -2.45. The molecular formula is C31H43Cl2N7O4. The number of fused-ring (bicyclic) bond motifs is 1. The van der Waals surface area contributed by atoms with Crippen LogP contribution in [-0.4, -0.2) is 96.4 Å². The molecule has 0 spiro atoms. The van der Waals surface area contributed by atoms with Crippen LogP contribution in [0.3, 0.4) is 0 Å². The van der Waals surface area contributed by atoms with E-state index >= 15 is 0 Å². The molecular weight excluding hydrogens is 605 g/mol. The van der Waals surface area contributed by atoms with E-state index < -0.39 is 5.60 Å². The Bertz CT molecular complexity index is 1320. The van der Waals surface area contributed by atoms with E-state index in [1.54, 1.807) is 17.0 Å². The second-order valence-electron chi connectivity index (χ2n) is 12.5. The lowest BCUT2D eigenvalue weighted by Gasteiger charge is -2.34. The highest BCUT2D eigenvalue weighted by atomic mass is 35.5. The van der Waals surface area contributed by atoms with Crippen molar-refractivity contribution in [2.24, 2.45) is 5.92 Å². The molecule has 0 radical (unpaired) electrons. The van der Waals surface area contributed by atoms with Gasteiger partial charge in [0, 0.05) is 80.3 Å². The molecule has 3 aliphatic heterocycles. The molecule has 2 fully saturated rings. The van der Waals surface area contributed by atoms with Crippen molar-refractivity contribution < 1.29 is 19.1 Å². The number of benzene rings is 1. The van der Waals surface area contributed by atoms with Gasteiger partial charge in [-0.3, -0.25) is 9.69 Å². The van der Waals surface area contributed by atoms with E-state index in [1.165, 1.54) is 0 Å². The monoisotopic (exact) mass is 647 g/mol. The third kappa shape index (κ3) is 8.65. The maximum absolute atomic E-state index is 12.9. The van der Waals surface area contributed by atoms with Gasteiger partial charge in [0.2, 0.25) is 11.9 Å². The Labute approximate surface area is 269 Å². The summed E-state index contributed by atoms with van der Waals surface area (Å²) >= 11 is 12.6. The Balaban J connectivity index is 1.26. The van der Waals surface area contributed by atoms with Crippen molar-refractivity contribution in [2.45, 2.75) is 58.7 Å². The van der Waals surface area contributed by atoms with Crippen LogP contribution in [-0.2, 0) is 33.8 Å². The van der Waals surface area contributed by atoms with Gasteiger partial charge in [-0.05, 0) is 51.3 Å². The van der Waals surface area contributed by atoms with Crippen LogP contribution < -0.4 is 15.5 Å². The predicted molar refractivity (Wildman–Crippen MR) is 171 cm³/mol. The van der Waals surface area contributed by atoms with E-state index in [2.05, 4.69) is 20.4 Å². The van der Waals surface area contributed by atoms with Crippen LogP contribution in [0.25, 0.3) is 0 Å². The van der Waals surface area contributed by atoms with Crippen molar-refractivity contribution in [1.29, 1.82) is 0 Å². The molecule has 2 amide bonds. The number of hydrogen-bond acceptors (Lipinski definition) is 9. The van der Waals surface area contributed by atoms with Gasteiger partial charge in [0.25, 0.3) is 0 Å². The molecule has 0 atom stereocenters. The Kier molecular flexibility index (Phi) is 10.7. The molecule has 3 aliphatic rings. The van der Waals surface area contributed by atoms with E-state index in [4.69, 9.17) is 42.6 Å². The fourth-order valence-corrected chi connectivity index (χ4v) is 6.14. The number of aromatic nitrogens is 2. The highest BCUT2D eigenvalue weighted by molar-refractivity contribution is 6.35. The summed E-state index contributed by atoms with van der Waals surface area (Å²) in [7, 11) is 0. The number of morpholine rings is 1. The lowest BCUT2D eigenvalue weighted by atomic mass is 9.96. The molecule has 0 aliphatic carbocycles. The number of hydrogen-bond donors (Lipinski definition) is 2. The number of nitrogens with one attached hydrogen (secondary N) is 2. The van der Waals surface area contributed by atoms with Gasteiger partial charge in [-0.25, -0.2) is 9.78 Å². The molecule has 1 aromatic carbocycles. The van der Waals surface area contributed by atoms with Gasteiger partial charge < -0.3 is 29.9 Å². The van der Waals surface area contributed by atoms with Crippen molar-refractivity contribution in [3.05, 3.63) is 45.1 Å². The van der Waals surface area contributed by atoms with Crippen molar-refractivity contribution in [2.75, 3.05) is 69.2 Å². The summed E-state index contributed by atoms with van der Waals surface area (Å²) < 4.78 is 11.0. The number of carbonyl (C=O) groups excluding carboxylic acids is 2. The molecule has 13 heteroatoms. The maximum atomic E-state index is 12.9. The van der Waals surface area contributed by atoms with Gasteiger partial charge >= 0.3 is 6.09 Å². The molecule has 2 N–H and O–H groups in total. The summed E-state index contributed by atoms with van der Waals surface area (Å²) in [4.78, 5) is 41.9. The molecule has 1 aromatic heterocycles. The standard InChI is InChI=1S/C31H43Cl2N7O4/c1-31(2,3)44-30(42)40-12-8-26-24(20-40)27(35-19-22-4-5-23(32)18-25(22)33)37-29(36-26)39-10-6-21(7-11-39)28(41)34-9-13-38-14-16-43-17-15-38/h4-5,18,21H,6-17,19-20H2,1-3H3,(H,34,41)(H,35,36,37). The number of carbonyl (C=O) groups is 2. The summed E-state index contributed by atoms with van der Waals surface area (Å²) in [5.41, 5.74) is 2.06. The minimum absolute atomic E-state index is 0.0272. The Morgan fingerprint density at radius 2 is 1.82 bits per heavy atom. The average Bonchev–Trinajstić information content (AvgIpc) is 3.00. The molecule has 11 nitrogen and oxygen atoms in total. The molecule has 240 valence electrons. The highest BCUT2D eigenvalue weighted by Crippen LogP contribution is 2.30. The number of amides is 2. The van der Waals surface area contributed by atoms with Crippen LogP contribution in [0, 0.1) is 5.92 Å². The summed E-state index contributed by atoms with van der Waals surface area (Å²) in [5.74, 6) is 1.38. The minimum Gasteiger partial charge on any atom is -0.444 e. The van der Waals surface area contributed by atoms with Crippen LogP contribution in [0.4, 0.5) is 16.6 Å². The van der Waals surface area contributed by atoms with Gasteiger partial charge in [-0.2, -0.15) is 4.98 Å². The van der Waals surface area contributed by atoms with E-state index in [0.717, 1.165) is 62.5 Å². The maximum Gasteiger partial charge on any atom is 0.410 e. The van der Waals surface area contributed by atoms with E-state index in [9.17, 15) is 9.59 Å². The van der Waals surface area contributed by atoms with Gasteiger partial charge in [0.05, 0.1) is 25.5 Å². The SMILES string of the molecule is CC(C)(C)OC(=O)N1CCc2nc(N3CCC(C(=O)NCCN4CCOCC4)CC3)nc(NCc3ccc(Cl)cc3Cl)c2C1. The first kappa shape index (κ1) is 32.5. The average molecular weight is 649 g/mol. The van der Waals surface area contributed by atoms with Crippen LogP contribution >= 0.6 is 23.2 Å². The third-order valence-electron chi connectivity index (χ3n) is 8.14. The van der Waals surface area contributed by atoms with Crippen LogP contribution in [0.2, 0.25) is 10.0 Å². The summed E-state index contributed by atoms with van der Waals surface area (Å²) in [6.07, 6.45) is 1.70. The molecule has 2 saturated heterocycles. The zero-order chi connectivity index (χ0) is 31.3. The molecule has 5 rings (SSSR count). The van der Waals surface area contributed by atoms with Crippen LogP contribution in [0.15, 0.2) is 18.2 Å². The molecule has 44 heavy (non-hydrogen) atoms. The van der Waals surface area contributed by atoms with Crippen molar-refractivity contribution in [1.82, 2.24) is 25.1 Å². The van der Waals surface area contributed by atoms with E-state index in [-0.39, 0.29) is 17.9 Å². The second kappa shape index (κ2) is 14.5. The normalized spacial score (nSPS) is 18.1. The summed E-state index contributed by atoms with van der Waals surface area (Å²) in [6.45, 7) is 13.1. The first-order chi connectivity index (χ1) is 21.1. The Hall–Kier alpha value is -2.86. The number of rotatable bonds is 8. The van der Waals surface area contributed by atoms with Gasteiger partial charge in [-0.1, -0.05) is 29.3 Å². The fraction of sp³-hybridized carbons (Fsp3) is 0.613. The molecule has 2 aromatic rings. The lowest BCUT2D eigenvalue weighted by molar-refractivity contribution is -0.125. The van der Waals surface area contributed by atoms with Gasteiger partial charge in [-0.15, -0.1) is 0 Å². The van der Waals surface area contributed by atoms with E-state index in [0.29, 0.717) is 67.5 Å². The predicted octanol–water partition coefficient (Wildman–Crippen LogP) is 4.35. The molecule has 0 bridgehead atoms. The number of halogens is 2. The number of nitrogens with zero attached hydrogens (tertiary/aromatic N) is 5.